The standard InChI is InChI=1S/C10H19N3O2/c1-13-8-10(7-12-13)9-15-6-4-11-3-5-14-2/h7-8,11H,3-6,9H2,1-2H3. The van der Waals surface area contributed by atoms with Gasteiger partial charge in [-0.15, -0.1) is 0 Å². The van der Waals surface area contributed by atoms with Crippen molar-refractivity contribution < 1.29 is 9.47 Å². The van der Waals surface area contributed by atoms with E-state index in [0.717, 1.165) is 25.3 Å². The average molecular weight is 213 g/mol. The fourth-order valence-corrected chi connectivity index (χ4v) is 1.18. The summed E-state index contributed by atoms with van der Waals surface area (Å²) >= 11 is 0. The predicted octanol–water partition coefficient (Wildman–Crippen LogP) is 0.173. The lowest BCUT2D eigenvalue weighted by Crippen LogP contribution is -2.23. The molecule has 0 aliphatic heterocycles. The lowest BCUT2D eigenvalue weighted by atomic mass is 10.4. The Hall–Kier alpha value is -0.910. The fourth-order valence-electron chi connectivity index (χ4n) is 1.18. The van der Waals surface area contributed by atoms with Crippen LogP contribution >= 0.6 is 0 Å². The van der Waals surface area contributed by atoms with Gasteiger partial charge in [-0.25, -0.2) is 0 Å². The summed E-state index contributed by atoms with van der Waals surface area (Å²) in [5.41, 5.74) is 1.11. The van der Waals surface area contributed by atoms with Crippen molar-refractivity contribution >= 4 is 0 Å². The number of nitrogens with one attached hydrogen (secondary N) is 1. The highest BCUT2D eigenvalue weighted by Crippen LogP contribution is 1.97. The van der Waals surface area contributed by atoms with Crippen molar-refractivity contribution in [3.05, 3.63) is 18.0 Å². The molecule has 0 amide bonds. The predicted molar refractivity (Wildman–Crippen MR) is 57.6 cm³/mol. The summed E-state index contributed by atoms with van der Waals surface area (Å²) in [7, 11) is 3.59. The van der Waals surface area contributed by atoms with E-state index in [1.54, 1.807) is 11.8 Å². The summed E-state index contributed by atoms with van der Waals surface area (Å²) in [6.45, 7) is 3.79. The largest absolute Gasteiger partial charge is 0.383 e. The highest BCUT2D eigenvalue weighted by atomic mass is 16.5. The Balaban J connectivity index is 1.93. The molecule has 0 unspecified atom stereocenters. The van der Waals surface area contributed by atoms with Crippen molar-refractivity contribution in [2.45, 2.75) is 6.61 Å². The van der Waals surface area contributed by atoms with Gasteiger partial charge in [0.05, 0.1) is 26.0 Å². The van der Waals surface area contributed by atoms with Crippen LogP contribution in [0.2, 0.25) is 0 Å². The van der Waals surface area contributed by atoms with Gasteiger partial charge in [-0.1, -0.05) is 0 Å². The van der Waals surface area contributed by atoms with Crippen LogP contribution in [-0.2, 0) is 23.1 Å². The van der Waals surface area contributed by atoms with Gasteiger partial charge in [-0.2, -0.15) is 5.10 Å². The van der Waals surface area contributed by atoms with Crippen molar-refractivity contribution in [3.63, 3.8) is 0 Å². The Bertz CT molecular complexity index is 263. The minimum absolute atomic E-state index is 0.625. The highest BCUT2D eigenvalue weighted by Gasteiger charge is 1.95. The highest BCUT2D eigenvalue weighted by molar-refractivity contribution is 5.01. The first-order valence-corrected chi connectivity index (χ1v) is 5.08. The third kappa shape index (κ3) is 5.51. The smallest absolute Gasteiger partial charge is 0.0748 e. The molecule has 0 bridgehead atoms. The normalized spacial score (nSPS) is 10.8. The van der Waals surface area contributed by atoms with Crippen molar-refractivity contribution in [3.8, 4) is 0 Å². The van der Waals surface area contributed by atoms with Crippen LogP contribution < -0.4 is 5.32 Å². The molecule has 1 aromatic rings. The zero-order valence-corrected chi connectivity index (χ0v) is 9.40. The molecule has 0 atom stereocenters. The second-order valence-electron chi connectivity index (χ2n) is 3.32. The Labute approximate surface area is 90.4 Å². The van der Waals surface area contributed by atoms with Crippen LogP contribution in [0.1, 0.15) is 5.56 Å². The molecule has 1 rings (SSSR count). The van der Waals surface area contributed by atoms with Crippen LogP contribution in [0.15, 0.2) is 12.4 Å². The SMILES string of the molecule is COCCNCCOCc1cnn(C)c1. The van der Waals surface area contributed by atoms with Crippen molar-refractivity contribution in [2.75, 3.05) is 33.4 Å². The molecule has 5 nitrogen and oxygen atoms in total. The monoisotopic (exact) mass is 213 g/mol. The number of hydrogen-bond acceptors (Lipinski definition) is 4. The van der Waals surface area contributed by atoms with Gasteiger partial charge in [-0.3, -0.25) is 4.68 Å². The van der Waals surface area contributed by atoms with E-state index in [9.17, 15) is 0 Å². The molecule has 1 N–H and O–H groups in total. The molecule has 0 fully saturated rings. The number of ether oxygens (including phenoxy) is 2. The van der Waals surface area contributed by atoms with Gasteiger partial charge in [-0.05, 0) is 0 Å². The topological polar surface area (TPSA) is 48.3 Å². The van der Waals surface area contributed by atoms with Gasteiger partial charge >= 0.3 is 0 Å². The molecule has 0 aliphatic carbocycles. The van der Waals surface area contributed by atoms with E-state index in [-0.39, 0.29) is 0 Å². The third-order valence-electron chi connectivity index (χ3n) is 1.93. The second kappa shape index (κ2) is 7.39. The van der Waals surface area contributed by atoms with Gasteiger partial charge in [0.15, 0.2) is 0 Å². The van der Waals surface area contributed by atoms with Crippen LogP contribution in [0, 0.1) is 0 Å². The Kier molecular flexibility index (Phi) is 5.99. The molecule has 86 valence electrons. The molecule has 0 saturated heterocycles. The molecule has 0 spiro atoms. The fraction of sp³-hybridized carbons (Fsp3) is 0.700. The third-order valence-corrected chi connectivity index (χ3v) is 1.93. The van der Waals surface area contributed by atoms with E-state index >= 15 is 0 Å². The zero-order chi connectivity index (χ0) is 10.9. The van der Waals surface area contributed by atoms with E-state index in [1.807, 2.05) is 19.4 Å². The minimum atomic E-state index is 0.625. The molecule has 1 heterocycles. The zero-order valence-electron chi connectivity index (χ0n) is 9.40. The quantitative estimate of drug-likeness (QED) is 0.625. The maximum absolute atomic E-state index is 5.46. The number of aromatic nitrogens is 2. The van der Waals surface area contributed by atoms with Gasteiger partial charge in [0, 0.05) is 39.0 Å². The maximum Gasteiger partial charge on any atom is 0.0748 e. The Morgan fingerprint density at radius 2 is 2.20 bits per heavy atom. The summed E-state index contributed by atoms with van der Waals surface area (Å²) in [4.78, 5) is 0. The van der Waals surface area contributed by atoms with Crippen molar-refractivity contribution in [1.29, 1.82) is 0 Å². The molecule has 0 aromatic carbocycles. The minimum Gasteiger partial charge on any atom is -0.383 e. The number of hydrogen-bond donors (Lipinski definition) is 1. The molecular formula is C10H19N3O2. The average Bonchev–Trinajstić information content (AvgIpc) is 2.63. The van der Waals surface area contributed by atoms with Crippen LogP contribution in [0.4, 0.5) is 0 Å². The summed E-state index contributed by atoms with van der Waals surface area (Å²) in [5.74, 6) is 0. The lowest BCUT2D eigenvalue weighted by Gasteiger charge is -2.04. The maximum atomic E-state index is 5.46. The molecule has 0 aliphatic rings. The number of nitrogens with zero attached hydrogens (tertiary/aromatic N) is 2. The van der Waals surface area contributed by atoms with Gasteiger partial charge in [0.2, 0.25) is 0 Å². The summed E-state index contributed by atoms with van der Waals surface area (Å²) < 4.78 is 12.1. The van der Waals surface area contributed by atoms with Crippen LogP contribution in [0.25, 0.3) is 0 Å². The summed E-state index contributed by atoms with van der Waals surface area (Å²) in [6.07, 6.45) is 3.77. The van der Waals surface area contributed by atoms with E-state index in [0.29, 0.717) is 13.2 Å². The lowest BCUT2D eigenvalue weighted by molar-refractivity contribution is 0.120. The number of rotatable bonds is 8. The van der Waals surface area contributed by atoms with Gasteiger partial charge in [0.25, 0.3) is 0 Å². The first kappa shape index (κ1) is 12.2. The van der Waals surface area contributed by atoms with E-state index in [1.165, 1.54) is 0 Å². The summed E-state index contributed by atoms with van der Waals surface area (Å²) in [6, 6.07) is 0. The van der Waals surface area contributed by atoms with Crippen LogP contribution in [-0.4, -0.2) is 43.2 Å². The molecular weight excluding hydrogens is 194 g/mol. The van der Waals surface area contributed by atoms with E-state index in [2.05, 4.69) is 10.4 Å². The molecule has 15 heavy (non-hydrogen) atoms. The van der Waals surface area contributed by atoms with Crippen molar-refractivity contribution in [2.24, 2.45) is 7.05 Å². The molecule has 0 saturated carbocycles. The molecule has 0 radical (unpaired) electrons. The van der Waals surface area contributed by atoms with Crippen molar-refractivity contribution in [1.82, 2.24) is 15.1 Å². The molecule has 5 heteroatoms. The second-order valence-corrected chi connectivity index (χ2v) is 3.32. The van der Waals surface area contributed by atoms with Gasteiger partial charge in [0.1, 0.15) is 0 Å². The Morgan fingerprint density at radius 1 is 1.40 bits per heavy atom. The van der Waals surface area contributed by atoms with Crippen LogP contribution in [0.3, 0.4) is 0 Å². The first-order valence-electron chi connectivity index (χ1n) is 5.08. The summed E-state index contributed by atoms with van der Waals surface area (Å²) in [5, 5.41) is 7.27. The number of methoxy groups -OCH3 is 1. The first-order chi connectivity index (χ1) is 7.33. The number of aryl methyl sites for hydroxylation is 1. The van der Waals surface area contributed by atoms with E-state index < -0.39 is 0 Å². The van der Waals surface area contributed by atoms with E-state index in [4.69, 9.17) is 9.47 Å². The van der Waals surface area contributed by atoms with Crippen LogP contribution in [0.5, 0.6) is 0 Å². The van der Waals surface area contributed by atoms with Gasteiger partial charge < -0.3 is 14.8 Å². The molecule has 1 aromatic heterocycles. The Morgan fingerprint density at radius 3 is 2.87 bits per heavy atom.